The molecule has 8 heteroatoms. The Morgan fingerprint density at radius 2 is 1.47 bits per heavy atom. The lowest BCUT2D eigenvalue weighted by atomic mass is 10.1. The second kappa shape index (κ2) is 13.9. The van der Waals surface area contributed by atoms with Crippen molar-refractivity contribution in [2.75, 3.05) is 6.61 Å². The van der Waals surface area contributed by atoms with Crippen molar-refractivity contribution in [3.8, 4) is 5.75 Å². The number of rotatable bonds is 12. The first-order valence-corrected chi connectivity index (χ1v) is 11.9. The summed E-state index contributed by atoms with van der Waals surface area (Å²) in [5.41, 5.74) is 2.43. The fraction of sp³-hybridized carbons (Fsp3) is 0.250. The molecule has 36 heavy (non-hydrogen) atoms. The Morgan fingerprint density at radius 1 is 0.861 bits per heavy atom. The maximum absolute atomic E-state index is 12.8. The molecule has 0 fully saturated rings. The molecule has 0 aromatic heterocycles. The van der Waals surface area contributed by atoms with Crippen molar-refractivity contribution in [1.29, 1.82) is 0 Å². The maximum Gasteiger partial charge on any atom is 0.328 e. The average Bonchev–Trinajstić information content (AvgIpc) is 2.89. The Balaban J connectivity index is 1.55. The number of carbonyl (C=O) groups is 3. The van der Waals surface area contributed by atoms with Crippen LogP contribution in [0.4, 0.5) is 0 Å². The Kier molecular flexibility index (Phi) is 10.3. The topological polar surface area (TPSA) is 90.9 Å². The third kappa shape index (κ3) is 9.07. The van der Waals surface area contributed by atoms with Gasteiger partial charge in [-0.25, -0.2) is 4.79 Å². The van der Waals surface area contributed by atoms with E-state index in [4.69, 9.17) is 25.8 Å². The standard InChI is InChI=1S/C28H28ClNO6/c1-20-16-23(29)12-14-25(20)34-19-26(31)30-24(28(33)36-18-22-10-6-3-7-11-22)13-15-27(32)35-17-21-8-4-2-5-9-21/h2-12,14,16,24H,13,15,17-19H2,1H3,(H,30,31). The van der Waals surface area contributed by atoms with Crippen molar-refractivity contribution in [3.05, 3.63) is 101 Å². The van der Waals surface area contributed by atoms with Crippen molar-refractivity contribution >= 4 is 29.4 Å². The number of esters is 2. The monoisotopic (exact) mass is 509 g/mol. The SMILES string of the molecule is Cc1cc(Cl)ccc1OCC(=O)NC(CCC(=O)OCc1ccccc1)C(=O)OCc1ccccc1. The molecule has 7 nitrogen and oxygen atoms in total. The maximum atomic E-state index is 12.8. The van der Waals surface area contributed by atoms with Gasteiger partial charge in [-0.1, -0.05) is 72.3 Å². The van der Waals surface area contributed by atoms with Crippen molar-refractivity contribution in [3.63, 3.8) is 0 Å². The zero-order valence-electron chi connectivity index (χ0n) is 19.9. The summed E-state index contributed by atoms with van der Waals surface area (Å²) in [6, 6.07) is 22.5. The lowest BCUT2D eigenvalue weighted by molar-refractivity contribution is -0.150. The molecule has 1 unspecified atom stereocenters. The summed E-state index contributed by atoms with van der Waals surface area (Å²) in [4.78, 5) is 37.6. The van der Waals surface area contributed by atoms with Gasteiger partial charge in [0.15, 0.2) is 6.61 Å². The van der Waals surface area contributed by atoms with Crippen LogP contribution in [0, 0.1) is 6.92 Å². The number of nitrogens with one attached hydrogen (secondary N) is 1. The summed E-state index contributed by atoms with van der Waals surface area (Å²) < 4.78 is 16.2. The molecule has 188 valence electrons. The molecule has 3 rings (SSSR count). The van der Waals surface area contributed by atoms with Gasteiger partial charge in [0.2, 0.25) is 0 Å². The number of hydrogen-bond acceptors (Lipinski definition) is 6. The van der Waals surface area contributed by atoms with Gasteiger partial charge in [-0.05, 0) is 48.2 Å². The predicted molar refractivity (Wildman–Crippen MR) is 135 cm³/mol. The van der Waals surface area contributed by atoms with Crippen LogP contribution < -0.4 is 10.1 Å². The van der Waals surface area contributed by atoms with Crippen LogP contribution in [0.25, 0.3) is 0 Å². The molecule has 0 heterocycles. The zero-order valence-corrected chi connectivity index (χ0v) is 20.7. The molecule has 3 aromatic rings. The summed E-state index contributed by atoms with van der Waals surface area (Å²) in [5, 5.41) is 3.17. The smallest absolute Gasteiger partial charge is 0.328 e. The van der Waals surface area contributed by atoms with E-state index in [0.29, 0.717) is 10.8 Å². The molecule has 1 atom stereocenters. The predicted octanol–water partition coefficient (Wildman–Crippen LogP) is 4.78. The molecule has 0 saturated heterocycles. The highest BCUT2D eigenvalue weighted by Crippen LogP contribution is 2.21. The normalized spacial score (nSPS) is 11.3. The molecular weight excluding hydrogens is 482 g/mol. The minimum absolute atomic E-state index is 0.0208. The van der Waals surface area contributed by atoms with E-state index in [1.165, 1.54) is 0 Å². The van der Waals surface area contributed by atoms with E-state index < -0.39 is 23.9 Å². The van der Waals surface area contributed by atoms with Crippen molar-refractivity contribution < 1.29 is 28.6 Å². The number of halogens is 1. The zero-order chi connectivity index (χ0) is 25.8. The Hall–Kier alpha value is -3.84. The number of carbonyl (C=O) groups excluding carboxylic acids is 3. The van der Waals surface area contributed by atoms with E-state index in [2.05, 4.69) is 5.32 Å². The Bertz CT molecular complexity index is 1150. The highest BCUT2D eigenvalue weighted by atomic mass is 35.5. The van der Waals surface area contributed by atoms with Crippen LogP contribution in [0.2, 0.25) is 5.02 Å². The van der Waals surface area contributed by atoms with Crippen LogP contribution in [0.15, 0.2) is 78.9 Å². The summed E-state index contributed by atoms with van der Waals surface area (Å²) in [7, 11) is 0. The quantitative estimate of drug-likeness (QED) is 0.353. The van der Waals surface area contributed by atoms with Gasteiger partial charge in [0.25, 0.3) is 5.91 Å². The molecule has 3 aromatic carbocycles. The Morgan fingerprint density at radius 3 is 2.08 bits per heavy atom. The van der Waals surface area contributed by atoms with Gasteiger partial charge >= 0.3 is 11.9 Å². The van der Waals surface area contributed by atoms with E-state index in [-0.39, 0.29) is 32.7 Å². The van der Waals surface area contributed by atoms with Crippen LogP contribution in [-0.2, 0) is 37.1 Å². The lowest BCUT2D eigenvalue weighted by Gasteiger charge is -2.18. The van der Waals surface area contributed by atoms with Crippen LogP contribution >= 0.6 is 11.6 Å². The molecule has 0 saturated carbocycles. The van der Waals surface area contributed by atoms with Gasteiger partial charge in [0.05, 0.1) is 0 Å². The van der Waals surface area contributed by atoms with Gasteiger partial charge in [0, 0.05) is 11.4 Å². The van der Waals surface area contributed by atoms with E-state index in [0.717, 1.165) is 16.7 Å². The first-order valence-electron chi connectivity index (χ1n) is 11.5. The Labute approximate surface area is 215 Å². The molecule has 0 radical (unpaired) electrons. The lowest BCUT2D eigenvalue weighted by Crippen LogP contribution is -2.44. The van der Waals surface area contributed by atoms with Gasteiger partial charge in [-0.3, -0.25) is 9.59 Å². The van der Waals surface area contributed by atoms with Crippen LogP contribution in [0.1, 0.15) is 29.5 Å². The van der Waals surface area contributed by atoms with Crippen molar-refractivity contribution in [2.45, 2.75) is 39.0 Å². The van der Waals surface area contributed by atoms with Crippen LogP contribution in [0.3, 0.4) is 0 Å². The third-order valence-corrected chi connectivity index (χ3v) is 5.45. The molecule has 0 bridgehead atoms. The van der Waals surface area contributed by atoms with E-state index in [9.17, 15) is 14.4 Å². The molecule has 1 N–H and O–H groups in total. The molecule has 0 aliphatic rings. The third-order valence-electron chi connectivity index (χ3n) is 5.22. The molecule has 0 aliphatic heterocycles. The number of amides is 1. The van der Waals surface area contributed by atoms with Crippen LogP contribution in [-0.4, -0.2) is 30.5 Å². The van der Waals surface area contributed by atoms with Crippen LogP contribution in [0.5, 0.6) is 5.75 Å². The van der Waals surface area contributed by atoms with Gasteiger partial charge in [0.1, 0.15) is 25.0 Å². The van der Waals surface area contributed by atoms with E-state index >= 15 is 0 Å². The van der Waals surface area contributed by atoms with Crippen molar-refractivity contribution in [1.82, 2.24) is 5.32 Å². The largest absolute Gasteiger partial charge is 0.484 e. The first-order chi connectivity index (χ1) is 17.4. The first kappa shape index (κ1) is 26.8. The second-order valence-electron chi connectivity index (χ2n) is 8.10. The number of hydrogen-bond donors (Lipinski definition) is 1. The minimum Gasteiger partial charge on any atom is -0.484 e. The van der Waals surface area contributed by atoms with Crippen molar-refractivity contribution in [2.24, 2.45) is 0 Å². The summed E-state index contributed by atoms with van der Waals surface area (Å²) in [6.45, 7) is 1.67. The van der Waals surface area contributed by atoms with E-state index in [1.54, 1.807) is 18.2 Å². The summed E-state index contributed by atoms with van der Waals surface area (Å²) >= 11 is 5.95. The fourth-order valence-corrected chi connectivity index (χ4v) is 3.53. The number of aryl methyl sites for hydroxylation is 1. The highest BCUT2D eigenvalue weighted by molar-refractivity contribution is 6.30. The van der Waals surface area contributed by atoms with Gasteiger partial charge in [-0.2, -0.15) is 0 Å². The van der Waals surface area contributed by atoms with Gasteiger partial charge in [-0.15, -0.1) is 0 Å². The van der Waals surface area contributed by atoms with E-state index in [1.807, 2.05) is 67.6 Å². The molecule has 1 amide bonds. The highest BCUT2D eigenvalue weighted by Gasteiger charge is 2.24. The molecule has 0 spiro atoms. The minimum atomic E-state index is -1.04. The number of ether oxygens (including phenoxy) is 3. The summed E-state index contributed by atoms with van der Waals surface area (Å²) in [6.07, 6.45) is -0.0532. The molecular formula is C28H28ClNO6. The second-order valence-corrected chi connectivity index (χ2v) is 8.53. The average molecular weight is 510 g/mol. The van der Waals surface area contributed by atoms with Gasteiger partial charge < -0.3 is 19.5 Å². The summed E-state index contributed by atoms with van der Waals surface area (Å²) in [5.74, 6) is -1.15. The number of benzene rings is 3. The molecule has 0 aliphatic carbocycles. The fourth-order valence-electron chi connectivity index (χ4n) is 3.30.